The van der Waals surface area contributed by atoms with Gasteiger partial charge in [0, 0.05) is 35.6 Å². The Balaban J connectivity index is 2.14. The van der Waals surface area contributed by atoms with E-state index in [0.29, 0.717) is 30.9 Å². The minimum Gasteiger partial charge on any atom is -0.262 e. The molecule has 1 aliphatic heterocycles. The predicted molar refractivity (Wildman–Crippen MR) is 107 cm³/mol. The molecule has 0 amide bonds. The lowest BCUT2D eigenvalue weighted by molar-refractivity contribution is 0.467. The van der Waals surface area contributed by atoms with Crippen molar-refractivity contribution in [3.05, 3.63) is 71.8 Å². The summed E-state index contributed by atoms with van der Waals surface area (Å²) in [5.74, 6) is 0.708. The molecule has 0 radical (unpaired) electrons. The zero-order valence-corrected chi connectivity index (χ0v) is 15.1. The molecule has 0 saturated carbocycles. The van der Waals surface area contributed by atoms with E-state index in [9.17, 15) is 5.26 Å². The fourth-order valence-corrected chi connectivity index (χ4v) is 3.83. The molecule has 5 heteroatoms. The van der Waals surface area contributed by atoms with Gasteiger partial charge in [0.15, 0.2) is 0 Å². The topological polar surface area (TPSA) is 63.2 Å². The summed E-state index contributed by atoms with van der Waals surface area (Å²) in [6, 6.07) is 24.6. The van der Waals surface area contributed by atoms with Crippen molar-refractivity contribution >= 4 is 28.1 Å². The van der Waals surface area contributed by atoms with Crippen LogP contribution in [0.1, 0.15) is 24.0 Å². The lowest BCUT2D eigenvalue weighted by Crippen LogP contribution is -2.14. The number of hydrogen-bond acceptors (Lipinski definition) is 5. The molecule has 0 bridgehead atoms. The van der Waals surface area contributed by atoms with Crippen molar-refractivity contribution in [2.75, 3.05) is 12.3 Å². The first-order valence-electron chi connectivity index (χ1n) is 8.43. The van der Waals surface area contributed by atoms with Crippen LogP contribution in [0.4, 0.5) is 0 Å². The molecule has 3 rings (SSSR count). The Labute approximate surface area is 158 Å². The lowest BCUT2D eigenvalue weighted by atomic mass is 10.1. The Hall–Kier alpha value is -3.02. The molecule has 0 atom stereocenters. The largest absolute Gasteiger partial charge is 0.262 e. The molecular weight excluding hydrogens is 340 g/mol. The van der Waals surface area contributed by atoms with Gasteiger partial charge in [-0.3, -0.25) is 5.01 Å². The van der Waals surface area contributed by atoms with Crippen LogP contribution in [0, 0.1) is 22.7 Å². The fourth-order valence-electron chi connectivity index (χ4n) is 2.77. The van der Waals surface area contributed by atoms with Crippen LogP contribution in [0.3, 0.4) is 0 Å². The quantitative estimate of drug-likeness (QED) is 0.552. The Morgan fingerprint density at radius 2 is 1.65 bits per heavy atom. The zero-order chi connectivity index (χ0) is 18.2. The van der Waals surface area contributed by atoms with E-state index in [1.807, 2.05) is 41.4 Å². The molecule has 0 fully saturated rings. The van der Waals surface area contributed by atoms with Gasteiger partial charge >= 0.3 is 0 Å². The minimum atomic E-state index is 0.482. The molecular formula is C21H18N4S. The molecule has 0 N–H and O–H groups in total. The second-order valence-electron chi connectivity index (χ2n) is 5.70. The number of benzene rings is 2. The Morgan fingerprint density at radius 1 is 1.00 bits per heavy atom. The first-order valence-corrected chi connectivity index (χ1v) is 9.42. The summed E-state index contributed by atoms with van der Waals surface area (Å²) in [5.41, 5.74) is 3.69. The van der Waals surface area contributed by atoms with E-state index >= 15 is 0 Å². The molecule has 1 aliphatic rings. The van der Waals surface area contributed by atoms with Crippen molar-refractivity contribution in [2.45, 2.75) is 12.8 Å². The van der Waals surface area contributed by atoms with Gasteiger partial charge in [-0.2, -0.15) is 15.6 Å². The first kappa shape index (κ1) is 17.8. The number of nitrogens with zero attached hydrogens (tertiary/aromatic N) is 4. The Kier molecular flexibility index (Phi) is 6.09. The summed E-state index contributed by atoms with van der Waals surface area (Å²) in [7, 11) is 0. The number of rotatable bonds is 6. The van der Waals surface area contributed by atoms with E-state index in [1.165, 1.54) is 0 Å². The van der Waals surface area contributed by atoms with Gasteiger partial charge in [0.1, 0.15) is 11.8 Å². The summed E-state index contributed by atoms with van der Waals surface area (Å²) >= 11 is 1.66. The molecule has 1 heterocycles. The van der Waals surface area contributed by atoms with Crippen LogP contribution in [-0.4, -0.2) is 23.0 Å². The predicted octanol–water partition coefficient (Wildman–Crippen LogP) is 4.74. The number of nitriles is 2. The average molecular weight is 358 g/mol. The smallest absolute Gasteiger partial charge is 0.140 e. The lowest BCUT2D eigenvalue weighted by Gasteiger charge is -2.23. The number of hydrazone groups is 1. The van der Waals surface area contributed by atoms with Crippen molar-refractivity contribution in [2.24, 2.45) is 5.10 Å². The summed E-state index contributed by atoms with van der Waals surface area (Å²) in [4.78, 5) is 1.08. The molecule has 0 aliphatic carbocycles. The van der Waals surface area contributed by atoms with Crippen LogP contribution in [0.2, 0.25) is 0 Å². The standard InChI is InChI=1S/C21H18N4S/c22-13-7-15-26-21(18-10-5-2-6-11-18)20(17-8-3-1-4-9-17)25-14-12-19(16-23)24-25/h1-6,8-11H,7,12,14-15H2/b21-20-. The molecule has 4 nitrogen and oxygen atoms in total. The summed E-state index contributed by atoms with van der Waals surface area (Å²) < 4.78 is 0. The molecule has 2 aromatic carbocycles. The maximum absolute atomic E-state index is 9.20. The van der Waals surface area contributed by atoms with Crippen LogP contribution < -0.4 is 0 Å². The van der Waals surface area contributed by atoms with Gasteiger partial charge in [-0.1, -0.05) is 60.7 Å². The Morgan fingerprint density at radius 3 is 2.23 bits per heavy atom. The van der Waals surface area contributed by atoms with E-state index in [2.05, 4.69) is 41.5 Å². The highest BCUT2D eigenvalue weighted by Crippen LogP contribution is 2.38. The van der Waals surface area contributed by atoms with Crippen molar-refractivity contribution in [3.63, 3.8) is 0 Å². The minimum absolute atomic E-state index is 0.482. The van der Waals surface area contributed by atoms with Gasteiger partial charge in [-0.15, -0.1) is 11.8 Å². The molecule has 26 heavy (non-hydrogen) atoms. The van der Waals surface area contributed by atoms with Crippen LogP contribution in [0.15, 0.2) is 65.8 Å². The van der Waals surface area contributed by atoms with Gasteiger partial charge in [0.05, 0.1) is 11.8 Å². The molecule has 0 unspecified atom stereocenters. The van der Waals surface area contributed by atoms with Gasteiger partial charge in [0.2, 0.25) is 0 Å². The summed E-state index contributed by atoms with van der Waals surface area (Å²) in [6.45, 7) is 0.683. The molecule has 2 aromatic rings. The Bertz CT molecular complexity index is 889. The maximum atomic E-state index is 9.20. The van der Waals surface area contributed by atoms with Crippen LogP contribution in [-0.2, 0) is 0 Å². The third-order valence-corrected chi connectivity index (χ3v) is 5.07. The second-order valence-corrected chi connectivity index (χ2v) is 6.80. The highest BCUT2D eigenvalue weighted by atomic mass is 32.2. The number of hydrogen-bond donors (Lipinski definition) is 0. The van der Waals surface area contributed by atoms with E-state index in [-0.39, 0.29) is 0 Å². The van der Waals surface area contributed by atoms with Gasteiger partial charge < -0.3 is 0 Å². The summed E-state index contributed by atoms with van der Waals surface area (Å²) in [5, 5.41) is 24.6. The van der Waals surface area contributed by atoms with E-state index < -0.39 is 0 Å². The third-order valence-electron chi connectivity index (χ3n) is 3.95. The van der Waals surface area contributed by atoms with E-state index in [0.717, 1.165) is 21.7 Å². The van der Waals surface area contributed by atoms with Crippen LogP contribution in [0.5, 0.6) is 0 Å². The van der Waals surface area contributed by atoms with E-state index in [4.69, 9.17) is 5.26 Å². The summed E-state index contributed by atoms with van der Waals surface area (Å²) in [6.07, 6.45) is 1.13. The first-order chi connectivity index (χ1) is 12.8. The molecule has 0 aromatic heterocycles. The molecule has 128 valence electrons. The van der Waals surface area contributed by atoms with Gasteiger partial charge in [-0.25, -0.2) is 0 Å². The number of thioether (sulfide) groups is 1. The second kappa shape index (κ2) is 8.89. The third kappa shape index (κ3) is 4.14. The maximum Gasteiger partial charge on any atom is 0.140 e. The van der Waals surface area contributed by atoms with Crippen molar-refractivity contribution in [1.82, 2.24) is 5.01 Å². The van der Waals surface area contributed by atoms with Crippen molar-refractivity contribution in [1.29, 1.82) is 10.5 Å². The van der Waals surface area contributed by atoms with Gasteiger partial charge in [-0.05, 0) is 5.56 Å². The highest BCUT2D eigenvalue weighted by molar-refractivity contribution is 8.08. The monoisotopic (exact) mass is 358 g/mol. The molecule has 0 spiro atoms. The highest BCUT2D eigenvalue weighted by Gasteiger charge is 2.23. The zero-order valence-electron chi connectivity index (χ0n) is 14.3. The van der Waals surface area contributed by atoms with E-state index in [1.54, 1.807) is 11.8 Å². The van der Waals surface area contributed by atoms with Crippen molar-refractivity contribution < 1.29 is 0 Å². The van der Waals surface area contributed by atoms with Crippen LogP contribution >= 0.6 is 11.8 Å². The van der Waals surface area contributed by atoms with Gasteiger partial charge in [0.25, 0.3) is 0 Å². The van der Waals surface area contributed by atoms with Crippen molar-refractivity contribution in [3.8, 4) is 12.1 Å². The van der Waals surface area contributed by atoms with Crippen LogP contribution in [0.25, 0.3) is 10.6 Å². The SMILES string of the molecule is N#CCCS/C(=C(/c1ccccc1)N1CCC(C#N)=N1)c1ccccc1. The normalized spacial score (nSPS) is 14.2. The fraction of sp³-hybridized carbons (Fsp3) is 0.190. The average Bonchev–Trinajstić information content (AvgIpc) is 3.17. The molecule has 0 saturated heterocycles.